The zero-order valence-electron chi connectivity index (χ0n) is 56.5. The van der Waals surface area contributed by atoms with Gasteiger partial charge in [-0.25, -0.2) is 0 Å². The lowest BCUT2D eigenvalue weighted by Gasteiger charge is -2.46. The van der Waals surface area contributed by atoms with Crippen LogP contribution < -0.4 is 5.32 Å². The van der Waals surface area contributed by atoms with Crippen LogP contribution >= 0.6 is 0 Å². The zero-order chi connectivity index (χ0) is 63.8. The number of carbonyl (C=O) groups excluding carboxylic acids is 1. The van der Waals surface area contributed by atoms with Gasteiger partial charge in [-0.2, -0.15) is 0 Å². The highest BCUT2D eigenvalue weighted by Crippen LogP contribution is 2.30. The third kappa shape index (κ3) is 42.4. The van der Waals surface area contributed by atoms with Gasteiger partial charge >= 0.3 is 0 Å². The molecule has 0 saturated carbocycles. The normalized spacial score (nSPS) is 23.3. The van der Waals surface area contributed by atoms with Gasteiger partial charge in [-0.3, -0.25) is 4.79 Å². The smallest absolute Gasteiger partial charge is 0.220 e. The van der Waals surface area contributed by atoms with Crippen molar-refractivity contribution in [3.05, 3.63) is 36.5 Å². The van der Waals surface area contributed by atoms with Crippen molar-refractivity contribution in [1.29, 1.82) is 0 Å². The Morgan fingerprint density at radius 3 is 1.11 bits per heavy atom. The number of nitrogens with one attached hydrogen (secondary N) is 1. The van der Waals surface area contributed by atoms with Gasteiger partial charge in [0.05, 0.1) is 32.0 Å². The molecule has 0 aromatic rings. The molecule has 0 aromatic carbocycles. The van der Waals surface area contributed by atoms with E-state index in [1.807, 2.05) is 6.08 Å². The Morgan fingerprint density at radius 2 is 0.727 bits per heavy atom. The average molecular weight is 1250 g/mol. The van der Waals surface area contributed by atoms with Crippen molar-refractivity contribution in [3.63, 3.8) is 0 Å². The first-order valence-corrected chi connectivity index (χ1v) is 37.2. The number of hydrogen-bond donors (Lipinski definition) is 9. The molecule has 0 aliphatic carbocycles. The Bertz CT molecular complexity index is 1620. The lowest BCUT2D eigenvalue weighted by molar-refractivity contribution is -0.359. The predicted molar refractivity (Wildman–Crippen MR) is 360 cm³/mol. The fourth-order valence-electron chi connectivity index (χ4n) is 12.4. The van der Waals surface area contributed by atoms with E-state index >= 15 is 0 Å². The van der Waals surface area contributed by atoms with Crippen LogP contribution in [0.5, 0.6) is 0 Å². The molecule has 1 amide bonds. The molecule has 0 radical (unpaired) electrons. The minimum atomic E-state index is -1.79. The topological polar surface area (TPSA) is 228 Å². The largest absolute Gasteiger partial charge is 0.394 e. The Morgan fingerprint density at radius 1 is 0.398 bits per heavy atom. The molecule has 14 nitrogen and oxygen atoms in total. The number of hydrogen-bond acceptors (Lipinski definition) is 13. The number of aliphatic hydroxyl groups is 8. The van der Waals surface area contributed by atoms with Gasteiger partial charge in [0.15, 0.2) is 12.6 Å². The van der Waals surface area contributed by atoms with Crippen molar-refractivity contribution in [3.8, 4) is 0 Å². The van der Waals surface area contributed by atoms with Crippen molar-refractivity contribution < 1.29 is 64.6 Å². The second-order valence-electron chi connectivity index (χ2n) is 26.4. The minimum Gasteiger partial charge on any atom is -0.394 e. The fraction of sp³-hybridized carbons (Fsp3) is 0.905. The molecule has 0 aromatic heterocycles. The molecule has 12 unspecified atom stereocenters. The number of unbranched alkanes of at least 4 members (excludes halogenated alkanes) is 45. The van der Waals surface area contributed by atoms with Crippen molar-refractivity contribution in [2.45, 2.75) is 408 Å². The molecular formula is C74H139NO13. The summed E-state index contributed by atoms with van der Waals surface area (Å²) in [5.41, 5.74) is 0. The van der Waals surface area contributed by atoms with Crippen LogP contribution in [0.25, 0.3) is 0 Å². The number of ether oxygens (including phenoxy) is 4. The summed E-state index contributed by atoms with van der Waals surface area (Å²) in [4.78, 5) is 13.3. The Labute approximate surface area is 538 Å². The summed E-state index contributed by atoms with van der Waals surface area (Å²) in [5.74, 6) is -0.247. The summed E-state index contributed by atoms with van der Waals surface area (Å²) in [6.45, 7) is 2.83. The summed E-state index contributed by atoms with van der Waals surface area (Å²) in [6, 6.07) is -0.937. The van der Waals surface area contributed by atoms with Crippen LogP contribution in [0, 0.1) is 0 Å². The van der Waals surface area contributed by atoms with E-state index in [0.717, 1.165) is 44.9 Å². The van der Waals surface area contributed by atoms with Crippen LogP contribution in [-0.2, 0) is 23.7 Å². The second-order valence-corrected chi connectivity index (χ2v) is 26.4. The lowest BCUT2D eigenvalue weighted by atomic mass is 9.97. The van der Waals surface area contributed by atoms with Gasteiger partial charge in [-0.15, -0.1) is 0 Å². The molecule has 2 aliphatic heterocycles. The van der Waals surface area contributed by atoms with Crippen molar-refractivity contribution in [2.24, 2.45) is 0 Å². The molecule has 0 bridgehead atoms. The molecule has 2 saturated heterocycles. The molecule has 12 atom stereocenters. The maximum atomic E-state index is 13.3. The molecule has 2 aliphatic rings. The number of allylic oxidation sites excluding steroid dienone is 5. The van der Waals surface area contributed by atoms with Crippen LogP contribution in [0.15, 0.2) is 36.5 Å². The third-order valence-corrected chi connectivity index (χ3v) is 18.3. The summed E-state index contributed by atoms with van der Waals surface area (Å²) >= 11 is 0. The molecule has 88 heavy (non-hydrogen) atoms. The highest BCUT2D eigenvalue weighted by Gasteiger charge is 2.51. The molecule has 9 N–H and O–H groups in total. The van der Waals surface area contributed by atoms with Gasteiger partial charge in [0, 0.05) is 6.42 Å². The molecule has 2 rings (SSSR count). The van der Waals surface area contributed by atoms with Gasteiger partial charge in [0.2, 0.25) is 5.91 Å². The van der Waals surface area contributed by atoms with E-state index in [1.165, 1.54) is 257 Å². The van der Waals surface area contributed by atoms with Gasteiger partial charge in [0.25, 0.3) is 0 Å². The maximum absolute atomic E-state index is 13.3. The second kappa shape index (κ2) is 59.0. The van der Waals surface area contributed by atoms with Crippen LogP contribution in [0.2, 0.25) is 0 Å². The Kier molecular flexibility index (Phi) is 55.2. The Balaban J connectivity index is 1.67. The van der Waals surface area contributed by atoms with Crippen LogP contribution in [0.1, 0.15) is 335 Å². The minimum absolute atomic E-state index is 0.247. The molecule has 0 spiro atoms. The predicted octanol–water partition coefficient (Wildman–Crippen LogP) is 15.7. The van der Waals surface area contributed by atoms with E-state index in [4.69, 9.17) is 18.9 Å². The van der Waals surface area contributed by atoms with Crippen molar-refractivity contribution >= 4 is 5.91 Å². The van der Waals surface area contributed by atoms with E-state index in [-0.39, 0.29) is 18.9 Å². The summed E-state index contributed by atoms with van der Waals surface area (Å²) in [7, 11) is 0. The highest BCUT2D eigenvalue weighted by molar-refractivity contribution is 5.76. The SMILES string of the molecule is CCCCCCCCCCCCCCCCCCCCCCCC/C=C/CC/C=C/CC/C=C/C(O)C(COC1OC(CO)C(OC2OC(CO)C(O)C(O)C2O)C(O)C1O)NC(=O)CCCCCCCCCCCCCCCCCCCCCCCC. The molecule has 518 valence electrons. The van der Waals surface area contributed by atoms with E-state index in [2.05, 4.69) is 43.5 Å². The summed E-state index contributed by atoms with van der Waals surface area (Å²) < 4.78 is 22.9. The average Bonchev–Trinajstić information content (AvgIpc) is 2.07. The van der Waals surface area contributed by atoms with Gasteiger partial charge < -0.3 is 65.1 Å². The third-order valence-electron chi connectivity index (χ3n) is 18.3. The fourth-order valence-corrected chi connectivity index (χ4v) is 12.4. The number of carbonyl (C=O) groups is 1. The molecular weight excluding hydrogens is 1110 g/mol. The Hall–Kier alpha value is -1.79. The van der Waals surface area contributed by atoms with Crippen LogP contribution in [0.4, 0.5) is 0 Å². The van der Waals surface area contributed by atoms with E-state index in [0.29, 0.717) is 12.8 Å². The van der Waals surface area contributed by atoms with E-state index in [9.17, 15) is 45.6 Å². The molecule has 2 fully saturated rings. The zero-order valence-corrected chi connectivity index (χ0v) is 56.5. The molecule has 2 heterocycles. The van der Waals surface area contributed by atoms with E-state index in [1.54, 1.807) is 6.08 Å². The highest BCUT2D eigenvalue weighted by atomic mass is 16.7. The standard InChI is InChI=1S/C74H139NO13/c1-3-5-7-9-11-13-15-17-19-21-23-25-27-28-29-30-31-32-33-34-35-36-37-39-41-43-45-47-49-51-53-55-57-63(78)62(61-85-73-71(84)69(82)72(65(60-77)87-73)88-74-70(83)68(81)67(80)64(59-76)86-74)75-66(79)58-56-54-52-50-48-46-44-42-40-38-26-24-22-20-18-16-14-12-10-8-6-4-2/h39,41,47,49,55,57,62-65,67-74,76-78,80-84H,3-38,40,42-46,48,50-54,56,58-61H2,1-2H3,(H,75,79)/b41-39+,49-47+,57-55+. The number of amides is 1. The first-order valence-electron chi connectivity index (χ1n) is 37.2. The maximum Gasteiger partial charge on any atom is 0.220 e. The monoisotopic (exact) mass is 1250 g/mol. The van der Waals surface area contributed by atoms with Gasteiger partial charge in [-0.05, 0) is 44.9 Å². The lowest BCUT2D eigenvalue weighted by Crippen LogP contribution is -2.65. The van der Waals surface area contributed by atoms with Gasteiger partial charge in [0.1, 0.15) is 48.8 Å². The summed E-state index contributed by atoms with van der Waals surface area (Å²) in [5, 5.41) is 87.5. The van der Waals surface area contributed by atoms with Crippen LogP contribution in [-0.4, -0.2) is 140 Å². The first-order chi connectivity index (χ1) is 43.1. The first kappa shape index (κ1) is 82.3. The van der Waals surface area contributed by atoms with Crippen molar-refractivity contribution in [1.82, 2.24) is 5.32 Å². The number of aliphatic hydroxyl groups excluding tert-OH is 8. The van der Waals surface area contributed by atoms with Crippen LogP contribution in [0.3, 0.4) is 0 Å². The van der Waals surface area contributed by atoms with E-state index < -0.39 is 86.8 Å². The van der Waals surface area contributed by atoms with Gasteiger partial charge in [-0.1, -0.05) is 320 Å². The summed E-state index contributed by atoms with van der Waals surface area (Å²) in [6.07, 6.45) is 59.4. The quantitative estimate of drug-likeness (QED) is 0.0204. The van der Waals surface area contributed by atoms with Crippen molar-refractivity contribution in [2.75, 3.05) is 19.8 Å². The number of rotatable bonds is 62. The molecule has 14 heteroatoms.